The third kappa shape index (κ3) is 7.42. The predicted molar refractivity (Wildman–Crippen MR) is 140 cm³/mol. The first-order chi connectivity index (χ1) is 16.5. The molecule has 0 aromatic heterocycles. The molecule has 0 aliphatic carbocycles. The van der Waals surface area contributed by atoms with E-state index in [9.17, 15) is 21.6 Å². The van der Waals surface area contributed by atoms with E-state index in [2.05, 4.69) is 5.32 Å². The number of carbonyl (C=O) groups is 1. The van der Waals surface area contributed by atoms with Gasteiger partial charge in [0.05, 0.1) is 16.8 Å². The van der Waals surface area contributed by atoms with Gasteiger partial charge in [0.1, 0.15) is 0 Å². The van der Waals surface area contributed by atoms with Gasteiger partial charge in [0.15, 0.2) is 0 Å². The SMILES string of the molecule is Cc1ccc(Cl)cc1N(CCCC(=O)Nc1ccc(S(=O)(=O)N2CCCCCC2)cc1)S(C)(=O)=O. The molecule has 11 heteroatoms. The van der Waals surface area contributed by atoms with Crippen LogP contribution in [0.2, 0.25) is 5.02 Å². The summed E-state index contributed by atoms with van der Waals surface area (Å²) in [5.41, 5.74) is 1.73. The Bertz CT molecular complexity index is 1240. The van der Waals surface area contributed by atoms with Crippen LogP contribution >= 0.6 is 11.6 Å². The van der Waals surface area contributed by atoms with Gasteiger partial charge >= 0.3 is 0 Å². The number of sulfonamides is 2. The number of anilines is 2. The van der Waals surface area contributed by atoms with E-state index in [-0.39, 0.29) is 23.8 Å². The van der Waals surface area contributed by atoms with Crippen LogP contribution in [-0.2, 0) is 24.8 Å². The van der Waals surface area contributed by atoms with E-state index in [1.54, 1.807) is 37.3 Å². The molecule has 1 aliphatic rings. The van der Waals surface area contributed by atoms with Gasteiger partial charge in [-0.3, -0.25) is 9.10 Å². The van der Waals surface area contributed by atoms with Crippen molar-refractivity contribution in [1.29, 1.82) is 0 Å². The Morgan fingerprint density at radius 3 is 2.23 bits per heavy atom. The Kier molecular flexibility index (Phi) is 9.20. The number of carbonyl (C=O) groups excluding carboxylic acids is 1. The molecule has 0 unspecified atom stereocenters. The molecular weight excluding hydrogens is 510 g/mol. The van der Waals surface area contributed by atoms with Gasteiger partial charge in [0, 0.05) is 36.8 Å². The highest BCUT2D eigenvalue weighted by molar-refractivity contribution is 7.92. The molecule has 1 fully saturated rings. The molecule has 1 N–H and O–H groups in total. The normalized spacial score (nSPS) is 15.4. The summed E-state index contributed by atoms with van der Waals surface area (Å²) in [6.45, 7) is 2.98. The van der Waals surface area contributed by atoms with E-state index in [1.807, 2.05) is 0 Å². The van der Waals surface area contributed by atoms with Crippen molar-refractivity contribution in [2.75, 3.05) is 35.5 Å². The first kappa shape index (κ1) is 27.4. The molecule has 0 atom stereocenters. The summed E-state index contributed by atoms with van der Waals surface area (Å²) >= 11 is 6.05. The van der Waals surface area contributed by atoms with E-state index >= 15 is 0 Å². The van der Waals surface area contributed by atoms with Crippen molar-refractivity contribution in [2.45, 2.75) is 50.3 Å². The first-order valence-electron chi connectivity index (χ1n) is 11.6. The molecule has 35 heavy (non-hydrogen) atoms. The highest BCUT2D eigenvalue weighted by Crippen LogP contribution is 2.27. The van der Waals surface area contributed by atoms with Crippen LogP contribution in [0.5, 0.6) is 0 Å². The molecule has 2 aromatic rings. The molecule has 0 spiro atoms. The second-order valence-electron chi connectivity index (χ2n) is 8.76. The maximum Gasteiger partial charge on any atom is 0.243 e. The Morgan fingerprint density at radius 1 is 1.00 bits per heavy atom. The maximum atomic E-state index is 12.9. The summed E-state index contributed by atoms with van der Waals surface area (Å²) in [6, 6.07) is 11.2. The molecule has 192 valence electrons. The zero-order valence-corrected chi connectivity index (χ0v) is 22.4. The van der Waals surface area contributed by atoms with Gasteiger partial charge in [0.2, 0.25) is 26.0 Å². The molecule has 3 rings (SSSR count). The summed E-state index contributed by atoms with van der Waals surface area (Å²) in [7, 11) is -7.11. The second kappa shape index (κ2) is 11.7. The highest BCUT2D eigenvalue weighted by atomic mass is 35.5. The van der Waals surface area contributed by atoms with Crippen molar-refractivity contribution >= 4 is 48.9 Å². The number of halogens is 1. The largest absolute Gasteiger partial charge is 0.326 e. The van der Waals surface area contributed by atoms with Crippen LogP contribution < -0.4 is 9.62 Å². The topological polar surface area (TPSA) is 104 Å². The van der Waals surface area contributed by atoms with Crippen molar-refractivity contribution in [3.8, 4) is 0 Å². The molecule has 0 bridgehead atoms. The molecule has 0 radical (unpaired) electrons. The monoisotopic (exact) mass is 541 g/mol. The summed E-state index contributed by atoms with van der Waals surface area (Å²) < 4.78 is 53.3. The third-order valence-corrected chi connectivity index (χ3v) is 9.27. The van der Waals surface area contributed by atoms with Crippen LogP contribution in [0.15, 0.2) is 47.4 Å². The lowest BCUT2D eigenvalue weighted by Crippen LogP contribution is -2.32. The number of nitrogens with zero attached hydrogens (tertiary/aromatic N) is 2. The first-order valence-corrected chi connectivity index (χ1v) is 15.3. The van der Waals surface area contributed by atoms with Crippen molar-refractivity contribution in [2.24, 2.45) is 0 Å². The smallest absolute Gasteiger partial charge is 0.243 e. The molecule has 1 aliphatic heterocycles. The fraction of sp³-hybridized carbons (Fsp3) is 0.458. The van der Waals surface area contributed by atoms with E-state index in [1.165, 1.54) is 20.7 Å². The molecule has 8 nitrogen and oxygen atoms in total. The Labute approximate surface area is 213 Å². The minimum Gasteiger partial charge on any atom is -0.326 e. The molecule has 2 aromatic carbocycles. The Morgan fingerprint density at radius 2 is 1.63 bits per heavy atom. The minimum absolute atomic E-state index is 0.0967. The summed E-state index contributed by atoms with van der Waals surface area (Å²) in [4.78, 5) is 12.6. The van der Waals surface area contributed by atoms with Gasteiger partial charge in [-0.15, -0.1) is 0 Å². The standard InChI is InChI=1S/C24H32ClN3O5S2/c1-19-9-10-20(25)18-23(19)28(34(2,30)31)17-7-8-24(29)26-21-11-13-22(14-12-21)35(32,33)27-15-5-3-4-6-16-27/h9-14,18H,3-8,15-17H2,1-2H3,(H,26,29). The van der Waals surface area contributed by atoms with Crippen LogP contribution in [-0.4, -0.2) is 52.9 Å². The molecule has 1 heterocycles. The van der Waals surface area contributed by atoms with Gasteiger partial charge in [-0.2, -0.15) is 4.31 Å². The van der Waals surface area contributed by atoms with Crippen molar-refractivity contribution in [3.05, 3.63) is 53.1 Å². The quantitative estimate of drug-likeness (QED) is 0.507. The van der Waals surface area contributed by atoms with Gasteiger partial charge in [-0.1, -0.05) is 30.5 Å². The fourth-order valence-corrected chi connectivity index (χ4v) is 6.76. The zero-order chi connectivity index (χ0) is 25.6. The number of aryl methyl sites for hydroxylation is 1. The molecule has 1 saturated heterocycles. The molecular formula is C24H32ClN3O5S2. The molecule has 0 saturated carbocycles. The lowest BCUT2D eigenvalue weighted by Gasteiger charge is -2.24. The number of nitrogens with one attached hydrogen (secondary N) is 1. The number of hydrogen-bond donors (Lipinski definition) is 1. The predicted octanol–water partition coefficient (Wildman–Crippen LogP) is 4.40. The number of rotatable bonds is 9. The van der Waals surface area contributed by atoms with Gasteiger partial charge in [-0.05, 0) is 68.1 Å². The van der Waals surface area contributed by atoms with Crippen molar-refractivity contribution in [3.63, 3.8) is 0 Å². The minimum atomic E-state index is -3.56. The van der Waals surface area contributed by atoms with Crippen LogP contribution in [0.1, 0.15) is 44.1 Å². The van der Waals surface area contributed by atoms with Crippen LogP contribution in [0.25, 0.3) is 0 Å². The number of benzene rings is 2. The number of hydrogen-bond acceptors (Lipinski definition) is 5. The van der Waals surface area contributed by atoms with Crippen LogP contribution in [0.3, 0.4) is 0 Å². The van der Waals surface area contributed by atoms with Crippen molar-refractivity contribution in [1.82, 2.24) is 4.31 Å². The van der Waals surface area contributed by atoms with Gasteiger partial charge in [0.25, 0.3) is 0 Å². The average molecular weight is 542 g/mol. The highest BCUT2D eigenvalue weighted by Gasteiger charge is 2.25. The van der Waals surface area contributed by atoms with E-state index in [4.69, 9.17) is 11.6 Å². The fourth-order valence-electron chi connectivity index (χ4n) is 4.06. The summed E-state index contributed by atoms with van der Waals surface area (Å²) in [6.07, 6.45) is 5.32. The average Bonchev–Trinajstić information content (AvgIpc) is 3.08. The lowest BCUT2D eigenvalue weighted by molar-refractivity contribution is -0.116. The third-order valence-electron chi connectivity index (χ3n) is 5.95. The zero-order valence-electron chi connectivity index (χ0n) is 20.0. The second-order valence-corrected chi connectivity index (χ2v) is 13.0. The Hall–Kier alpha value is -2.14. The lowest BCUT2D eigenvalue weighted by atomic mass is 10.2. The van der Waals surface area contributed by atoms with Crippen LogP contribution in [0.4, 0.5) is 11.4 Å². The van der Waals surface area contributed by atoms with Crippen molar-refractivity contribution < 1.29 is 21.6 Å². The van der Waals surface area contributed by atoms with Gasteiger partial charge in [-0.25, -0.2) is 16.8 Å². The number of amides is 1. The summed E-state index contributed by atoms with van der Waals surface area (Å²) in [5.74, 6) is -0.288. The van der Waals surface area contributed by atoms with Crippen LogP contribution in [0, 0.1) is 6.92 Å². The summed E-state index contributed by atoms with van der Waals surface area (Å²) in [5, 5.41) is 3.18. The van der Waals surface area contributed by atoms with E-state index < -0.39 is 20.0 Å². The Balaban J connectivity index is 1.58. The maximum absolute atomic E-state index is 12.9. The van der Waals surface area contributed by atoms with E-state index in [0.717, 1.165) is 37.5 Å². The van der Waals surface area contributed by atoms with Gasteiger partial charge < -0.3 is 5.32 Å². The molecule has 1 amide bonds. The van der Waals surface area contributed by atoms with E-state index in [0.29, 0.717) is 35.9 Å².